The zero-order valence-corrected chi connectivity index (χ0v) is 9.62. The second-order valence-electron chi connectivity index (χ2n) is 3.34. The van der Waals surface area contributed by atoms with Gasteiger partial charge in [0, 0.05) is 13.1 Å². The lowest BCUT2D eigenvalue weighted by Crippen LogP contribution is -1.99. The summed E-state index contributed by atoms with van der Waals surface area (Å²) in [6.45, 7) is 1.89. The second kappa shape index (κ2) is 3.70. The van der Waals surface area contributed by atoms with Gasteiger partial charge in [0.2, 0.25) is 5.88 Å². The topological polar surface area (TPSA) is 39.9 Å². The van der Waals surface area contributed by atoms with Crippen molar-refractivity contribution in [2.75, 3.05) is 7.11 Å². The molecule has 0 saturated carbocycles. The van der Waals surface area contributed by atoms with Gasteiger partial charge in [0.1, 0.15) is 11.3 Å². The fourth-order valence-electron chi connectivity index (χ4n) is 1.53. The molecule has 2 rings (SSSR count). The van der Waals surface area contributed by atoms with E-state index >= 15 is 0 Å². The van der Waals surface area contributed by atoms with Crippen molar-refractivity contribution < 1.29 is 4.74 Å². The van der Waals surface area contributed by atoms with Crippen LogP contribution in [0.4, 0.5) is 0 Å². The Kier molecular flexibility index (Phi) is 2.52. The molecule has 2 aromatic heterocycles. The van der Waals surface area contributed by atoms with E-state index in [4.69, 9.17) is 16.3 Å². The van der Waals surface area contributed by atoms with Crippen molar-refractivity contribution in [1.29, 1.82) is 0 Å². The number of hydrogen-bond acceptors (Lipinski definition) is 3. The quantitative estimate of drug-likeness (QED) is 0.737. The van der Waals surface area contributed by atoms with Gasteiger partial charge in [0.25, 0.3) is 0 Å². The Hall–Kier alpha value is -1.29. The van der Waals surface area contributed by atoms with E-state index in [1.165, 1.54) is 0 Å². The first-order chi connectivity index (χ1) is 7.13. The molecule has 15 heavy (non-hydrogen) atoms. The largest absolute Gasteiger partial charge is 0.481 e. The van der Waals surface area contributed by atoms with E-state index in [2.05, 4.69) is 9.97 Å². The lowest BCUT2D eigenvalue weighted by molar-refractivity contribution is 0.399. The Balaban J connectivity index is 2.66. The Labute approximate surface area is 92.8 Å². The molecule has 0 aliphatic rings. The van der Waals surface area contributed by atoms with Crippen molar-refractivity contribution in [3.63, 3.8) is 0 Å². The minimum absolute atomic E-state index is 0.129. The van der Waals surface area contributed by atoms with Crippen molar-refractivity contribution in [3.05, 3.63) is 18.0 Å². The van der Waals surface area contributed by atoms with Crippen LogP contribution >= 0.6 is 11.6 Å². The van der Waals surface area contributed by atoms with Crippen LogP contribution in [0.1, 0.15) is 18.1 Å². The van der Waals surface area contributed by atoms with E-state index in [1.54, 1.807) is 13.2 Å². The van der Waals surface area contributed by atoms with Crippen molar-refractivity contribution >= 4 is 22.8 Å². The molecule has 0 saturated heterocycles. The maximum absolute atomic E-state index is 6.01. The van der Waals surface area contributed by atoms with E-state index < -0.39 is 0 Å². The fourth-order valence-corrected chi connectivity index (χ4v) is 1.73. The summed E-state index contributed by atoms with van der Waals surface area (Å²) in [6, 6.07) is 3.67. The highest BCUT2D eigenvalue weighted by Crippen LogP contribution is 2.23. The number of aromatic nitrogens is 3. The molecule has 0 fully saturated rings. The first-order valence-electron chi connectivity index (χ1n) is 4.65. The Morgan fingerprint density at radius 3 is 2.73 bits per heavy atom. The third-order valence-corrected chi connectivity index (χ3v) is 2.49. The van der Waals surface area contributed by atoms with Gasteiger partial charge in [-0.25, -0.2) is 4.98 Å². The molecule has 0 amide bonds. The third-order valence-electron chi connectivity index (χ3n) is 2.29. The van der Waals surface area contributed by atoms with Crippen LogP contribution in [0.5, 0.6) is 5.88 Å². The number of fused-ring (bicyclic) bond motifs is 1. The third kappa shape index (κ3) is 1.65. The smallest absolute Gasteiger partial charge is 0.215 e. The number of methoxy groups -OCH3 is 1. The van der Waals surface area contributed by atoms with Gasteiger partial charge in [-0.15, -0.1) is 11.6 Å². The van der Waals surface area contributed by atoms with Crippen LogP contribution in [0.25, 0.3) is 11.2 Å². The van der Waals surface area contributed by atoms with Crippen LogP contribution in [0, 0.1) is 0 Å². The first-order valence-corrected chi connectivity index (χ1v) is 5.08. The number of pyridine rings is 1. The zero-order valence-electron chi connectivity index (χ0n) is 8.86. The number of alkyl halides is 1. The maximum atomic E-state index is 6.01. The standard InChI is InChI=1S/C10H12ClN3O/c1-6(11)9-12-7-4-5-8(15-3)13-10(7)14(9)2/h4-6H,1-3H3. The molecule has 0 radical (unpaired) electrons. The average molecular weight is 226 g/mol. The van der Waals surface area contributed by atoms with Crippen molar-refractivity contribution in [1.82, 2.24) is 14.5 Å². The highest BCUT2D eigenvalue weighted by molar-refractivity contribution is 6.20. The van der Waals surface area contributed by atoms with Gasteiger partial charge in [-0.3, -0.25) is 0 Å². The van der Waals surface area contributed by atoms with Gasteiger partial charge in [-0.1, -0.05) is 0 Å². The SMILES string of the molecule is COc1ccc2nc(C(C)Cl)n(C)c2n1. The van der Waals surface area contributed by atoms with Crippen molar-refractivity contribution in [2.24, 2.45) is 7.05 Å². The van der Waals surface area contributed by atoms with E-state index in [0.29, 0.717) is 5.88 Å². The van der Waals surface area contributed by atoms with Crippen LogP contribution in [-0.4, -0.2) is 21.6 Å². The average Bonchev–Trinajstić information content (AvgIpc) is 2.56. The lowest BCUT2D eigenvalue weighted by atomic mass is 10.4. The fraction of sp³-hybridized carbons (Fsp3) is 0.400. The van der Waals surface area contributed by atoms with Gasteiger partial charge < -0.3 is 9.30 Å². The zero-order chi connectivity index (χ0) is 11.0. The molecule has 0 spiro atoms. The van der Waals surface area contributed by atoms with E-state index in [1.807, 2.05) is 24.6 Å². The van der Waals surface area contributed by atoms with Gasteiger partial charge in [0.15, 0.2) is 5.65 Å². The van der Waals surface area contributed by atoms with Crippen molar-refractivity contribution in [2.45, 2.75) is 12.3 Å². The summed E-state index contributed by atoms with van der Waals surface area (Å²) >= 11 is 6.01. The van der Waals surface area contributed by atoms with Gasteiger partial charge in [-0.05, 0) is 13.0 Å². The number of rotatable bonds is 2. The minimum atomic E-state index is -0.129. The highest BCUT2D eigenvalue weighted by atomic mass is 35.5. The van der Waals surface area contributed by atoms with Crippen LogP contribution in [0.2, 0.25) is 0 Å². The number of imidazole rings is 1. The Morgan fingerprint density at radius 2 is 2.13 bits per heavy atom. The molecular weight excluding hydrogens is 214 g/mol. The number of aryl methyl sites for hydroxylation is 1. The Morgan fingerprint density at radius 1 is 1.40 bits per heavy atom. The van der Waals surface area contributed by atoms with E-state index in [9.17, 15) is 0 Å². The summed E-state index contributed by atoms with van der Waals surface area (Å²) in [4.78, 5) is 8.72. The maximum Gasteiger partial charge on any atom is 0.215 e. The predicted molar refractivity (Wildman–Crippen MR) is 59.3 cm³/mol. The van der Waals surface area contributed by atoms with Crippen LogP contribution in [0.3, 0.4) is 0 Å². The molecular formula is C10H12ClN3O. The molecule has 2 aromatic rings. The molecule has 2 heterocycles. The van der Waals surface area contributed by atoms with E-state index in [0.717, 1.165) is 17.0 Å². The molecule has 1 atom stereocenters. The van der Waals surface area contributed by atoms with Gasteiger partial charge in [-0.2, -0.15) is 4.98 Å². The number of ether oxygens (including phenoxy) is 1. The molecule has 0 aromatic carbocycles. The molecule has 4 nitrogen and oxygen atoms in total. The number of nitrogens with zero attached hydrogens (tertiary/aromatic N) is 3. The summed E-state index contributed by atoms with van der Waals surface area (Å²) in [5.41, 5.74) is 1.62. The van der Waals surface area contributed by atoms with E-state index in [-0.39, 0.29) is 5.38 Å². The van der Waals surface area contributed by atoms with Crippen LogP contribution in [0.15, 0.2) is 12.1 Å². The molecule has 1 unspecified atom stereocenters. The molecule has 0 aliphatic heterocycles. The summed E-state index contributed by atoms with van der Waals surface area (Å²) in [7, 11) is 3.49. The Bertz CT molecular complexity index is 493. The van der Waals surface area contributed by atoms with Gasteiger partial charge in [0.05, 0.1) is 12.5 Å². The summed E-state index contributed by atoms with van der Waals surface area (Å²) in [6.07, 6.45) is 0. The van der Waals surface area contributed by atoms with Gasteiger partial charge >= 0.3 is 0 Å². The second-order valence-corrected chi connectivity index (χ2v) is 4.00. The molecule has 0 aliphatic carbocycles. The number of hydrogen-bond donors (Lipinski definition) is 0. The van der Waals surface area contributed by atoms with Crippen LogP contribution in [-0.2, 0) is 7.05 Å². The first kappa shape index (κ1) is 10.2. The van der Waals surface area contributed by atoms with Crippen LogP contribution < -0.4 is 4.74 Å². The normalized spacial score (nSPS) is 13.1. The minimum Gasteiger partial charge on any atom is -0.481 e. The lowest BCUT2D eigenvalue weighted by Gasteiger charge is -2.02. The summed E-state index contributed by atoms with van der Waals surface area (Å²) in [5.74, 6) is 1.40. The highest BCUT2D eigenvalue weighted by Gasteiger charge is 2.13. The molecule has 80 valence electrons. The van der Waals surface area contributed by atoms with Crippen molar-refractivity contribution in [3.8, 4) is 5.88 Å². The summed E-state index contributed by atoms with van der Waals surface area (Å²) in [5, 5.41) is -0.129. The molecule has 0 bridgehead atoms. The molecule has 5 heteroatoms. The number of halogens is 1. The molecule has 0 N–H and O–H groups in total. The summed E-state index contributed by atoms with van der Waals surface area (Å²) < 4.78 is 6.95. The monoisotopic (exact) mass is 225 g/mol. The predicted octanol–water partition coefficient (Wildman–Crippen LogP) is 2.28.